The number of Topliss-reactive ketones (excluding diaryl/α,β-unsaturated/α-hetero) is 2. The summed E-state index contributed by atoms with van der Waals surface area (Å²) in [5.41, 5.74) is 12.3. The molecule has 16 heteroatoms. The molecule has 0 spiro atoms. The van der Waals surface area contributed by atoms with Gasteiger partial charge in [-0.05, 0) is 47.8 Å². The van der Waals surface area contributed by atoms with Gasteiger partial charge in [-0.1, -0.05) is 25.1 Å². The van der Waals surface area contributed by atoms with Crippen LogP contribution >= 0.6 is 23.5 Å². The molecule has 1 aromatic carbocycles. The Balaban J connectivity index is 1.58. The van der Waals surface area contributed by atoms with Crippen LogP contribution in [0.2, 0.25) is 0 Å². The normalized spacial score (nSPS) is 24.7. The molecule has 0 radical (unpaired) electrons. The molecule has 4 rings (SSSR count). The van der Waals surface area contributed by atoms with Crippen LogP contribution < -0.4 is 16.0 Å². The highest BCUT2D eigenvalue weighted by molar-refractivity contribution is 9.10. The summed E-state index contributed by atoms with van der Waals surface area (Å²) in [7, 11) is -4.08. The number of alkyl halides is 2. The van der Waals surface area contributed by atoms with Gasteiger partial charge in [-0.3, -0.25) is 9.32 Å². The Kier molecular flexibility index (Phi) is 9.14. The second kappa shape index (κ2) is 12.1. The molecular weight excluding hydrogens is 626 g/mol. The lowest BCUT2D eigenvalue weighted by Crippen LogP contribution is -2.37. The first kappa shape index (κ1) is 31.0. The molecule has 5 N–H and O–H groups in total. The summed E-state index contributed by atoms with van der Waals surface area (Å²) >= 11 is 2.91. The molecule has 13 nitrogen and oxygen atoms in total. The minimum atomic E-state index is -4.08. The minimum Gasteiger partial charge on any atom is -0.424 e. The van der Waals surface area contributed by atoms with E-state index in [9.17, 15) is 19.3 Å². The predicted molar refractivity (Wildman–Crippen MR) is 150 cm³/mol. The maximum atomic E-state index is 15.9. The molecule has 222 valence electrons. The molecule has 1 aliphatic heterocycles. The van der Waals surface area contributed by atoms with Crippen LogP contribution in [0.5, 0.6) is 5.75 Å². The molecule has 1 saturated heterocycles. The van der Waals surface area contributed by atoms with Crippen molar-refractivity contribution in [2.24, 2.45) is 5.92 Å². The number of carbonyl (C=O) groups is 2. The van der Waals surface area contributed by atoms with Crippen LogP contribution in [0.1, 0.15) is 44.6 Å². The molecule has 0 amide bonds. The molecule has 3 heterocycles. The number of benzene rings is 1. The lowest BCUT2D eigenvalue weighted by Gasteiger charge is -2.25. The third-order valence-electron chi connectivity index (χ3n) is 6.69. The number of hydrogen-bond donors (Lipinski definition) is 3. The molecule has 1 fully saturated rings. The van der Waals surface area contributed by atoms with Crippen LogP contribution in [0.3, 0.4) is 0 Å². The van der Waals surface area contributed by atoms with E-state index in [1.807, 2.05) is 0 Å². The number of ether oxygens (including phenoxy) is 1. The van der Waals surface area contributed by atoms with Crippen molar-refractivity contribution in [3.63, 3.8) is 0 Å². The maximum Gasteiger partial charge on any atom is 0.380 e. The number of carbonyl (C=O) groups excluding carboxylic acids is 2. The van der Waals surface area contributed by atoms with Crippen LogP contribution in [0.15, 0.2) is 30.5 Å². The van der Waals surface area contributed by atoms with E-state index in [1.165, 1.54) is 20.0 Å². The van der Waals surface area contributed by atoms with Gasteiger partial charge in [0.1, 0.15) is 35.6 Å². The number of ketones is 2. The second-order valence-electron chi connectivity index (χ2n) is 9.95. The Morgan fingerprint density at radius 3 is 2.71 bits per heavy atom. The first-order valence-corrected chi connectivity index (χ1v) is 15.2. The highest BCUT2D eigenvalue weighted by Crippen LogP contribution is 2.53. The van der Waals surface area contributed by atoms with Gasteiger partial charge in [0.15, 0.2) is 11.5 Å². The number of nitrogens with zero attached hydrogens (tertiary/aromatic N) is 4. The number of anilines is 2. The predicted octanol–water partition coefficient (Wildman–Crippen LogP) is 3.19. The number of fused-ring (bicyclic) bond motifs is 1. The average Bonchev–Trinajstić information content (AvgIpc) is 3.40. The fourth-order valence-corrected chi connectivity index (χ4v) is 6.93. The molecule has 0 bridgehead atoms. The molecule has 2 unspecified atom stereocenters. The summed E-state index contributed by atoms with van der Waals surface area (Å²) in [6.07, 6.45) is -3.03. The monoisotopic (exact) mass is 656 g/mol. The van der Waals surface area contributed by atoms with E-state index >= 15 is 4.39 Å². The van der Waals surface area contributed by atoms with Crippen molar-refractivity contribution in [2.75, 3.05) is 24.2 Å². The fraction of sp³-hybridized carbons (Fsp3) is 0.480. The zero-order valence-electron chi connectivity index (χ0n) is 22.6. The van der Waals surface area contributed by atoms with Crippen molar-refractivity contribution >= 4 is 52.5 Å². The molecule has 0 aliphatic carbocycles. The number of aromatic nitrogens is 4. The molecule has 3 aromatic rings. The van der Waals surface area contributed by atoms with Gasteiger partial charge in [0, 0.05) is 12.3 Å². The third kappa shape index (κ3) is 6.75. The molecule has 1 aliphatic rings. The van der Waals surface area contributed by atoms with Gasteiger partial charge in [-0.15, -0.1) is 5.10 Å². The number of halogens is 2. The summed E-state index contributed by atoms with van der Waals surface area (Å²) in [6, 6.07) is 6.72. The summed E-state index contributed by atoms with van der Waals surface area (Å²) in [5, 5.41) is 14.8. The second-order valence-corrected chi connectivity index (χ2v) is 13.2. The number of hydrogen-bond acceptors (Lipinski definition) is 12. The van der Waals surface area contributed by atoms with E-state index < -0.39 is 43.0 Å². The maximum absolute atomic E-state index is 15.9. The number of nitrogens with two attached hydrogens (primary N) is 2. The lowest BCUT2D eigenvalue weighted by atomic mass is 10.1. The molecular formula is C25H31BrFN6O7P. The van der Waals surface area contributed by atoms with Crippen molar-refractivity contribution < 1.29 is 37.4 Å². The van der Waals surface area contributed by atoms with Crippen molar-refractivity contribution in [1.82, 2.24) is 19.6 Å². The first-order chi connectivity index (χ1) is 19.2. The number of nitrogen functional groups attached to an aromatic ring is 2. The largest absolute Gasteiger partial charge is 0.424 e. The topological polar surface area (TPSA) is 194 Å². The van der Waals surface area contributed by atoms with E-state index in [1.54, 1.807) is 31.2 Å². The Bertz CT molecular complexity index is 1500. The van der Waals surface area contributed by atoms with Crippen LogP contribution in [-0.2, 0) is 29.8 Å². The van der Waals surface area contributed by atoms with Crippen molar-refractivity contribution in [1.29, 1.82) is 0 Å². The van der Waals surface area contributed by atoms with E-state index in [-0.39, 0.29) is 53.0 Å². The number of para-hydroxylation sites is 1. The zero-order chi connectivity index (χ0) is 30.1. The summed E-state index contributed by atoms with van der Waals surface area (Å²) in [6.45, 7) is 3.84. The standard InChI is InChI=1S/C25H31BrFN6O7P/c1-13(15(3)35)12-41(37,40-18-7-5-4-6-16(18)9-8-14(2)34)38-11-19-20(36)25(26,27)21(39-19)17-10-30-23-22(28)31-24(29)32-33(17)23/h4-7,10,13,19-21,36H,8-9,11-12H2,1-3H3,(H4,28,29,31,32)/t13-,19-,20?,21+,25-,41?/m1/s1. The van der Waals surface area contributed by atoms with Gasteiger partial charge in [0.25, 0.3) is 0 Å². The number of aliphatic hydroxyl groups excluding tert-OH is 1. The van der Waals surface area contributed by atoms with Gasteiger partial charge in [0.2, 0.25) is 10.5 Å². The van der Waals surface area contributed by atoms with E-state index in [4.69, 9.17) is 25.3 Å². The zero-order valence-corrected chi connectivity index (χ0v) is 25.0. The van der Waals surface area contributed by atoms with Gasteiger partial charge < -0.3 is 30.6 Å². The van der Waals surface area contributed by atoms with Crippen molar-refractivity contribution in [3.8, 4) is 5.75 Å². The van der Waals surface area contributed by atoms with Crippen LogP contribution in [0.25, 0.3) is 5.65 Å². The average molecular weight is 657 g/mol. The minimum absolute atomic E-state index is 0.0290. The van der Waals surface area contributed by atoms with Gasteiger partial charge in [0.05, 0.1) is 24.7 Å². The van der Waals surface area contributed by atoms with Crippen LogP contribution in [0, 0.1) is 5.92 Å². The highest BCUT2D eigenvalue weighted by Gasteiger charge is 2.58. The fourth-order valence-electron chi connectivity index (χ4n) is 4.28. The number of aliphatic hydroxyl groups is 1. The summed E-state index contributed by atoms with van der Waals surface area (Å²) in [4.78, 5) is 31.5. The van der Waals surface area contributed by atoms with E-state index in [2.05, 4.69) is 31.0 Å². The Hall–Kier alpha value is -2.97. The smallest absolute Gasteiger partial charge is 0.380 e. The molecule has 0 saturated carbocycles. The molecule has 2 aromatic heterocycles. The Labute approximate surface area is 243 Å². The molecule has 6 atom stereocenters. The third-order valence-corrected chi connectivity index (χ3v) is 9.59. The van der Waals surface area contributed by atoms with Gasteiger partial charge >= 0.3 is 7.60 Å². The summed E-state index contributed by atoms with van der Waals surface area (Å²) < 4.78 is 45.9. The first-order valence-electron chi connectivity index (χ1n) is 12.7. The SMILES string of the molecule is CC(=O)CCc1ccccc1OP(=O)(C[C@@H](C)C(C)=O)OC[C@H]1O[C@@H](c2cnc3c(N)nc(N)nn23)[C@@](F)(Br)C1O. The van der Waals surface area contributed by atoms with Gasteiger partial charge in [-0.2, -0.15) is 4.98 Å². The van der Waals surface area contributed by atoms with E-state index in [0.717, 1.165) is 4.52 Å². The van der Waals surface area contributed by atoms with Crippen LogP contribution in [-0.4, -0.2) is 65.8 Å². The van der Waals surface area contributed by atoms with Crippen molar-refractivity contribution in [2.45, 2.75) is 56.5 Å². The lowest BCUT2D eigenvalue weighted by molar-refractivity contribution is -0.120. The van der Waals surface area contributed by atoms with Gasteiger partial charge in [-0.25, -0.2) is 18.5 Å². The Morgan fingerprint density at radius 1 is 1.32 bits per heavy atom. The number of imidazole rings is 1. The number of rotatable bonds is 12. The molecule has 41 heavy (non-hydrogen) atoms. The van der Waals surface area contributed by atoms with Crippen molar-refractivity contribution in [3.05, 3.63) is 41.7 Å². The van der Waals surface area contributed by atoms with Crippen LogP contribution in [0.4, 0.5) is 16.2 Å². The van der Waals surface area contributed by atoms with E-state index in [0.29, 0.717) is 12.0 Å². The quantitative estimate of drug-likeness (QED) is 0.191. The highest BCUT2D eigenvalue weighted by atomic mass is 79.9. The summed E-state index contributed by atoms with van der Waals surface area (Å²) in [5.74, 6) is -0.970. The number of aryl methyl sites for hydroxylation is 1. The Morgan fingerprint density at radius 2 is 2.02 bits per heavy atom.